The molecule has 1 saturated carbocycles. The smallest absolute Gasteiger partial charge is 0.316 e. The minimum Gasteiger partial charge on any atom is -0.496 e. The molecule has 0 aliphatic heterocycles. The summed E-state index contributed by atoms with van der Waals surface area (Å²) in [5.41, 5.74) is -1.43. The number of methoxy groups -OCH3 is 2. The number of esters is 1. The largest absolute Gasteiger partial charge is 0.496 e. The summed E-state index contributed by atoms with van der Waals surface area (Å²) in [6.07, 6.45) is -1.40. The Balaban J connectivity index is 2.52. The van der Waals surface area contributed by atoms with Crippen molar-refractivity contribution in [2.75, 3.05) is 14.2 Å². The monoisotopic (exact) mass is 274 g/mol. The van der Waals surface area contributed by atoms with E-state index in [1.54, 1.807) is 0 Å². The standard InChI is InChI=1S/C13H13F3O3/c1-18-10-4-3-8(14)5-9(10)12(11(17)19-2)6-13(15,16)7-12/h3-5H,6-7H2,1-2H3. The summed E-state index contributed by atoms with van der Waals surface area (Å²) in [5, 5.41) is 0. The molecule has 3 nitrogen and oxygen atoms in total. The van der Waals surface area contributed by atoms with E-state index in [0.717, 1.165) is 19.2 Å². The molecule has 0 aromatic heterocycles. The third kappa shape index (κ3) is 2.15. The maximum absolute atomic E-state index is 13.3. The van der Waals surface area contributed by atoms with Gasteiger partial charge in [-0.15, -0.1) is 0 Å². The summed E-state index contributed by atoms with van der Waals surface area (Å²) in [4.78, 5) is 11.9. The lowest BCUT2D eigenvalue weighted by atomic mass is 9.61. The molecular weight excluding hydrogens is 261 g/mol. The Hall–Kier alpha value is -1.72. The van der Waals surface area contributed by atoms with Gasteiger partial charge in [0.2, 0.25) is 0 Å². The van der Waals surface area contributed by atoms with Gasteiger partial charge in [0.05, 0.1) is 14.2 Å². The van der Waals surface area contributed by atoms with Crippen molar-refractivity contribution in [3.05, 3.63) is 29.6 Å². The highest BCUT2D eigenvalue weighted by Gasteiger charge is 2.63. The first-order valence-corrected chi connectivity index (χ1v) is 5.65. The summed E-state index contributed by atoms with van der Waals surface area (Å²) in [7, 11) is 2.45. The lowest BCUT2D eigenvalue weighted by molar-refractivity contribution is -0.177. The van der Waals surface area contributed by atoms with Crippen LogP contribution in [0.5, 0.6) is 5.75 Å². The zero-order chi connectivity index (χ0) is 14.3. The number of carbonyl (C=O) groups is 1. The summed E-state index contributed by atoms with van der Waals surface area (Å²) >= 11 is 0. The summed E-state index contributed by atoms with van der Waals surface area (Å²) in [6, 6.07) is 3.50. The minimum atomic E-state index is -2.95. The Labute approximate surface area is 108 Å². The van der Waals surface area contributed by atoms with Gasteiger partial charge in [-0.3, -0.25) is 4.79 Å². The van der Waals surface area contributed by atoms with Crippen LogP contribution in [-0.4, -0.2) is 26.1 Å². The lowest BCUT2D eigenvalue weighted by Crippen LogP contribution is -2.55. The van der Waals surface area contributed by atoms with Crippen molar-refractivity contribution in [1.82, 2.24) is 0 Å². The second-order valence-corrected chi connectivity index (χ2v) is 4.63. The van der Waals surface area contributed by atoms with E-state index in [1.165, 1.54) is 13.2 Å². The van der Waals surface area contributed by atoms with Gasteiger partial charge in [-0.2, -0.15) is 0 Å². The van der Waals surface area contributed by atoms with Gasteiger partial charge in [-0.1, -0.05) is 0 Å². The molecule has 1 aliphatic rings. The van der Waals surface area contributed by atoms with E-state index in [0.29, 0.717) is 0 Å². The van der Waals surface area contributed by atoms with Gasteiger partial charge < -0.3 is 9.47 Å². The van der Waals surface area contributed by atoms with Gasteiger partial charge in [-0.25, -0.2) is 13.2 Å². The van der Waals surface area contributed by atoms with E-state index < -0.39 is 36.0 Å². The maximum Gasteiger partial charge on any atom is 0.316 e. The van der Waals surface area contributed by atoms with E-state index in [1.807, 2.05) is 0 Å². The molecule has 0 saturated heterocycles. The van der Waals surface area contributed by atoms with Crippen LogP contribution in [0.1, 0.15) is 18.4 Å². The molecule has 6 heteroatoms. The number of rotatable bonds is 3. The Morgan fingerprint density at radius 3 is 2.37 bits per heavy atom. The third-order valence-corrected chi connectivity index (χ3v) is 3.37. The van der Waals surface area contributed by atoms with Crippen LogP contribution < -0.4 is 4.74 Å². The fourth-order valence-electron chi connectivity index (χ4n) is 2.53. The molecule has 1 aromatic carbocycles. The van der Waals surface area contributed by atoms with Gasteiger partial charge in [0, 0.05) is 18.4 Å². The summed E-state index contributed by atoms with van der Waals surface area (Å²) in [5.74, 6) is -4.18. The first-order chi connectivity index (χ1) is 8.84. The third-order valence-electron chi connectivity index (χ3n) is 3.37. The van der Waals surface area contributed by atoms with Gasteiger partial charge in [0.1, 0.15) is 17.0 Å². The summed E-state index contributed by atoms with van der Waals surface area (Å²) < 4.78 is 49.4. The fourth-order valence-corrected chi connectivity index (χ4v) is 2.53. The number of carbonyl (C=O) groups excluding carboxylic acids is 1. The molecule has 0 N–H and O–H groups in total. The number of alkyl halides is 2. The van der Waals surface area contributed by atoms with Crippen molar-refractivity contribution >= 4 is 5.97 Å². The molecule has 0 radical (unpaired) electrons. The molecule has 19 heavy (non-hydrogen) atoms. The molecule has 0 amide bonds. The number of hydrogen-bond donors (Lipinski definition) is 0. The average molecular weight is 274 g/mol. The molecule has 0 heterocycles. The molecule has 1 aromatic rings. The Bertz CT molecular complexity index is 506. The number of ether oxygens (including phenoxy) is 2. The van der Waals surface area contributed by atoms with Crippen LogP contribution in [-0.2, 0) is 14.9 Å². The van der Waals surface area contributed by atoms with Crippen molar-refractivity contribution < 1.29 is 27.4 Å². The lowest BCUT2D eigenvalue weighted by Gasteiger charge is -2.45. The predicted octanol–water partition coefficient (Wildman–Crippen LogP) is 2.67. The Morgan fingerprint density at radius 2 is 1.89 bits per heavy atom. The van der Waals surface area contributed by atoms with Gasteiger partial charge in [0.25, 0.3) is 5.92 Å². The number of halogens is 3. The van der Waals surface area contributed by atoms with Crippen LogP contribution in [0.4, 0.5) is 13.2 Å². The van der Waals surface area contributed by atoms with Crippen molar-refractivity contribution in [3.8, 4) is 5.75 Å². The zero-order valence-corrected chi connectivity index (χ0v) is 10.5. The molecule has 0 atom stereocenters. The Kier molecular flexibility index (Phi) is 3.20. The van der Waals surface area contributed by atoms with E-state index in [-0.39, 0.29) is 11.3 Å². The van der Waals surface area contributed by atoms with Gasteiger partial charge >= 0.3 is 5.97 Å². The van der Waals surface area contributed by atoms with Crippen LogP contribution in [0.25, 0.3) is 0 Å². The van der Waals surface area contributed by atoms with Crippen molar-refractivity contribution in [1.29, 1.82) is 0 Å². The molecule has 0 spiro atoms. The molecule has 0 unspecified atom stereocenters. The first kappa shape index (κ1) is 13.7. The van der Waals surface area contributed by atoms with E-state index in [9.17, 15) is 18.0 Å². The highest BCUT2D eigenvalue weighted by Crippen LogP contribution is 2.56. The number of benzene rings is 1. The quantitative estimate of drug-likeness (QED) is 0.795. The van der Waals surface area contributed by atoms with E-state index in [4.69, 9.17) is 4.74 Å². The zero-order valence-electron chi connectivity index (χ0n) is 10.5. The summed E-state index contributed by atoms with van der Waals surface area (Å²) in [6.45, 7) is 0. The normalized spacial score (nSPS) is 19.4. The van der Waals surface area contributed by atoms with Gasteiger partial charge in [-0.05, 0) is 18.2 Å². The van der Waals surface area contributed by atoms with Crippen LogP contribution >= 0.6 is 0 Å². The molecular formula is C13H13F3O3. The maximum atomic E-state index is 13.3. The molecule has 2 rings (SSSR count). The molecule has 0 bridgehead atoms. The van der Waals surface area contributed by atoms with Crippen LogP contribution in [0.15, 0.2) is 18.2 Å². The second-order valence-electron chi connectivity index (χ2n) is 4.63. The molecule has 1 aliphatic carbocycles. The molecule has 1 fully saturated rings. The van der Waals surface area contributed by atoms with E-state index in [2.05, 4.69) is 4.74 Å². The average Bonchev–Trinajstić information content (AvgIpc) is 2.34. The minimum absolute atomic E-state index is 0.104. The highest BCUT2D eigenvalue weighted by atomic mass is 19.3. The first-order valence-electron chi connectivity index (χ1n) is 5.65. The van der Waals surface area contributed by atoms with Crippen molar-refractivity contribution in [2.45, 2.75) is 24.2 Å². The van der Waals surface area contributed by atoms with Gasteiger partial charge in [0.15, 0.2) is 0 Å². The van der Waals surface area contributed by atoms with E-state index >= 15 is 0 Å². The van der Waals surface area contributed by atoms with Crippen molar-refractivity contribution in [3.63, 3.8) is 0 Å². The van der Waals surface area contributed by atoms with Crippen LogP contribution in [0, 0.1) is 5.82 Å². The fraction of sp³-hybridized carbons (Fsp3) is 0.462. The number of hydrogen-bond acceptors (Lipinski definition) is 3. The molecule has 104 valence electrons. The topological polar surface area (TPSA) is 35.5 Å². The van der Waals surface area contributed by atoms with Crippen molar-refractivity contribution in [2.24, 2.45) is 0 Å². The van der Waals surface area contributed by atoms with Crippen LogP contribution in [0.3, 0.4) is 0 Å². The predicted molar refractivity (Wildman–Crippen MR) is 60.8 cm³/mol. The SMILES string of the molecule is COC(=O)C1(c2cc(F)ccc2OC)CC(F)(F)C1. The highest BCUT2D eigenvalue weighted by molar-refractivity contribution is 5.86. The van der Waals surface area contributed by atoms with Crippen LogP contribution in [0.2, 0.25) is 0 Å². The Morgan fingerprint density at radius 1 is 1.26 bits per heavy atom. The second kappa shape index (κ2) is 4.43.